The highest BCUT2D eigenvalue weighted by atomic mass is 35.5. The van der Waals surface area contributed by atoms with Gasteiger partial charge in [0.2, 0.25) is 17.4 Å². The van der Waals surface area contributed by atoms with Gasteiger partial charge >= 0.3 is 0 Å². The molecule has 9 heteroatoms. The first kappa shape index (κ1) is 20.3. The third-order valence-corrected chi connectivity index (χ3v) is 7.04. The molecule has 1 unspecified atom stereocenters. The van der Waals surface area contributed by atoms with Gasteiger partial charge in [-0.25, -0.2) is 4.98 Å². The van der Waals surface area contributed by atoms with Crippen molar-refractivity contribution < 1.29 is 8.80 Å². The quantitative estimate of drug-likeness (QED) is 0.533. The van der Waals surface area contributed by atoms with E-state index in [0.29, 0.717) is 24.4 Å². The molecule has 0 radical (unpaired) electrons. The van der Waals surface area contributed by atoms with E-state index in [1.54, 1.807) is 24.8 Å². The van der Waals surface area contributed by atoms with Crippen LogP contribution in [0.3, 0.4) is 0 Å². The fraction of sp³-hybridized carbons (Fsp3) is 0.318. The molecule has 5 rings (SSSR count). The molecule has 1 aromatic heterocycles. The lowest BCUT2D eigenvalue weighted by atomic mass is 9.64. The Morgan fingerprint density at radius 3 is 2.65 bits per heavy atom. The van der Waals surface area contributed by atoms with Gasteiger partial charge in [-0.2, -0.15) is 4.99 Å². The molecule has 2 fully saturated rings. The lowest BCUT2D eigenvalue weighted by Gasteiger charge is -2.43. The molecule has 1 aromatic rings. The van der Waals surface area contributed by atoms with E-state index in [1.165, 1.54) is 11.8 Å². The van der Waals surface area contributed by atoms with Gasteiger partial charge in [0.25, 0.3) is 0 Å². The number of fused-ring (bicyclic) bond motifs is 1. The van der Waals surface area contributed by atoms with Crippen molar-refractivity contribution in [3.8, 4) is 0 Å². The van der Waals surface area contributed by atoms with E-state index < -0.39 is 5.41 Å². The number of hydrogen-bond donors (Lipinski definition) is 1. The zero-order chi connectivity index (χ0) is 21.8. The minimum atomic E-state index is -0.892. The molecule has 0 bridgehead atoms. The van der Waals surface area contributed by atoms with Crippen molar-refractivity contribution in [1.29, 1.82) is 0 Å². The summed E-state index contributed by atoms with van der Waals surface area (Å²) in [6, 6.07) is 0. The van der Waals surface area contributed by atoms with E-state index >= 15 is 0 Å². The van der Waals surface area contributed by atoms with Gasteiger partial charge in [0.15, 0.2) is 22.3 Å². The number of carbonyl (C=O) groups excluding carboxylic acids is 1. The van der Waals surface area contributed by atoms with Gasteiger partial charge < -0.3 is 5.32 Å². The number of carbonyl (C=O) groups is 1. The van der Waals surface area contributed by atoms with Gasteiger partial charge in [-0.15, -0.1) is 4.00 Å². The van der Waals surface area contributed by atoms with Crippen LogP contribution in [0.25, 0.3) is 0 Å². The van der Waals surface area contributed by atoms with Crippen LogP contribution in [0.1, 0.15) is 31.4 Å². The standard InChI is InChI=1S/C22H20Cl2N6O/c1-13-7-15(8-13)18-17-12-25-5-6-30(17,24)20(29-18)22(9-14(2)10-22)21(31)28-11-16-19(23)27-4-3-26-16/h3-6,12,15H,1-2,7-11H2/p+1. The minimum absolute atomic E-state index is 0.158. The lowest BCUT2D eigenvalue weighted by Crippen LogP contribution is -2.58. The SMILES string of the molecule is C=C1CC(C2=C3C=NC=C[N+]3(Cl)C(C3(C(=O)NCc4nccnc4Cl)CC(=C)C3)=N2)C1. The smallest absolute Gasteiger partial charge is 0.248 e. The zero-order valence-corrected chi connectivity index (χ0v) is 18.3. The molecule has 0 aromatic carbocycles. The van der Waals surface area contributed by atoms with Crippen molar-refractivity contribution >= 4 is 41.3 Å². The van der Waals surface area contributed by atoms with Gasteiger partial charge in [-0.1, -0.05) is 35.9 Å². The molecule has 0 saturated heterocycles. The Balaban J connectivity index is 1.48. The lowest BCUT2D eigenvalue weighted by molar-refractivity contribution is -0.607. The molecule has 2 saturated carbocycles. The molecular formula is C22H21Cl2N6O+. The zero-order valence-electron chi connectivity index (χ0n) is 16.8. The average Bonchev–Trinajstić information content (AvgIpc) is 3.01. The van der Waals surface area contributed by atoms with Crippen molar-refractivity contribution in [3.05, 3.63) is 71.3 Å². The summed E-state index contributed by atoms with van der Waals surface area (Å²) in [5, 5.41) is 3.23. The fourth-order valence-electron chi connectivity index (χ4n) is 4.64. The second kappa shape index (κ2) is 7.22. The first-order valence-electron chi connectivity index (χ1n) is 10.0. The van der Waals surface area contributed by atoms with Crippen molar-refractivity contribution in [3.63, 3.8) is 0 Å². The van der Waals surface area contributed by atoms with Gasteiger partial charge in [0.1, 0.15) is 11.9 Å². The maximum atomic E-state index is 13.5. The maximum absolute atomic E-state index is 13.5. The highest BCUT2D eigenvalue weighted by Gasteiger charge is 2.63. The molecule has 7 nitrogen and oxygen atoms in total. The van der Waals surface area contributed by atoms with E-state index in [4.69, 9.17) is 28.4 Å². The Bertz CT molecular complexity index is 1130. The number of aliphatic imine (C=N–C) groups is 2. The molecule has 158 valence electrons. The van der Waals surface area contributed by atoms with Crippen LogP contribution in [-0.2, 0) is 11.3 Å². The van der Waals surface area contributed by atoms with E-state index in [9.17, 15) is 4.79 Å². The first-order chi connectivity index (χ1) is 14.8. The van der Waals surface area contributed by atoms with Gasteiger partial charge in [0.05, 0.1) is 24.7 Å². The minimum Gasteiger partial charge on any atom is -0.349 e. The number of nitrogens with one attached hydrogen (secondary N) is 1. The molecule has 31 heavy (non-hydrogen) atoms. The van der Waals surface area contributed by atoms with Gasteiger partial charge in [-0.3, -0.25) is 14.8 Å². The third-order valence-electron chi connectivity index (χ3n) is 6.27. The summed E-state index contributed by atoms with van der Waals surface area (Å²) < 4.78 is -0.158. The fourth-order valence-corrected chi connectivity index (χ4v) is 5.20. The van der Waals surface area contributed by atoms with Gasteiger partial charge in [-0.05, 0) is 25.7 Å². The first-order valence-corrected chi connectivity index (χ1v) is 10.8. The number of amidine groups is 1. The molecule has 2 aliphatic carbocycles. The molecule has 2 aliphatic heterocycles. The van der Waals surface area contributed by atoms with Crippen LogP contribution in [0.15, 0.2) is 70.5 Å². The maximum Gasteiger partial charge on any atom is 0.248 e. The number of quaternary nitrogens is 1. The van der Waals surface area contributed by atoms with E-state index in [-0.39, 0.29) is 27.5 Å². The van der Waals surface area contributed by atoms with Crippen LogP contribution in [0.2, 0.25) is 5.15 Å². The van der Waals surface area contributed by atoms with Crippen molar-refractivity contribution in [1.82, 2.24) is 15.3 Å². The summed E-state index contributed by atoms with van der Waals surface area (Å²) >= 11 is 13.2. The molecular weight excluding hydrogens is 435 g/mol. The number of rotatable bonds is 5. The number of hydrogen-bond acceptors (Lipinski definition) is 5. The van der Waals surface area contributed by atoms with Crippen LogP contribution in [0.5, 0.6) is 0 Å². The number of amides is 1. The van der Waals surface area contributed by atoms with E-state index in [1.807, 2.05) is 0 Å². The summed E-state index contributed by atoms with van der Waals surface area (Å²) in [7, 11) is 0. The molecule has 4 aliphatic rings. The summed E-state index contributed by atoms with van der Waals surface area (Å²) in [6.45, 7) is 8.27. The largest absolute Gasteiger partial charge is 0.349 e. The summed E-state index contributed by atoms with van der Waals surface area (Å²) in [5.41, 5.74) is 3.50. The number of halogens is 2. The van der Waals surface area contributed by atoms with Gasteiger partial charge in [0, 0.05) is 18.3 Å². The number of allylic oxidation sites excluding steroid dienone is 4. The molecule has 1 N–H and O–H groups in total. The Morgan fingerprint density at radius 2 is 1.97 bits per heavy atom. The molecule has 1 atom stereocenters. The monoisotopic (exact) mass is 455 g/mol. The predicted octanol–water partition coefficient (Wildman–Crippen LogP) is 4.20. The second-order valence-electron chi connectivity index (χ2n) is 8.44. The normalized spacial score (nSPS) is 26.3. The Kier molecular flexibility index (Phi) is 4.73. The Hall–Kier alpha value is -2.61. The van der Waals surface area contributed by atoms with Crippen molar-refractivity contribution in [2.75, 3.05) is 0 Å². The summed E-state index contributed by atoms with van der Waals surface area (Å²) in [5.74, 6) is 0.665. The van der Waals surface area contributed by atoms with Crippen LogP contribution >= 0.6 is 23.4 Å². The van der Waals surface area contributed by atoms with Crippen molar-refractivity contribution in [2.24, 2.45) is 21.3 Å². The molecule has 1 amide bonds. The topological polar surface area (TPSA) is 79.6 Å². The average molecular weight is 456 g/mol. The number of nitrogens with zero attached hydrogens (tertiary/aromatic N) is 5. The third kappa shape index (κ3) is 3.11. The van der Waals surface area contributed by atoms with Crippen molar-refractivity contribution in [2.45, 2.75) is 32.2 Å². The summed E-state index contributed by atoms with van der Waals surface area (Å²) in [4.78, 5) is 31.0. The van der Waals surface area contributed by atoms with E-state index in [0.717, 1.165) is 29.8 Å². The highest BCUT2D eigenvalue weighted by Crippen LogP contribution is 2.55. The van der Waals surface area contributed by atoms with E-state index in [2.05, 4.69) is 33.4 Å². The van der Waals surface area contributed by atoms with Crippen LogP contribution < -0.4 is 5.32 Å². The van der Waals surface area contributed by atoms with Crippen LogP contribution in [0, 0.1) is 11.3 Å². The van der Waals surface area contributed by atoms with Crippen LogP contribution in [0.4, 0.5) is 0 Å². The second-order valence-corrected chi connectivity index (χ2v) is 9.33. The number of aromatic nitrogens is 2. The summed E-state index contributed by atoms with van der Waals surface area (Å²) in [6.07, 6.45) is 10.9. The molecule has 3 heterocycles. The van der Waals surface area contributed by atoms with Crippen LogP contribution in [-0.4, -0.2) is 31.9 Å². The Morgan fingerprint density at radius 1 is 1.23 bits per heavy atom. The predicted molar refractivity (Wildman–Crippen MR) is 120 cm³/mol. The molecule has 0 spiro atoms. The Labute approximate surface area is 190 Å². The highest BCUT2D eigenvalue weighted by molar-refractivity contribution is 6.30.